The van der Waals surface area contributed by atoms with Gasteiger partial charge in [0.05, 0.1) is 22.8 Å². The van der Waals surface area contributed by atoms with E-state index in [0.717, 1.165) is 29.3 Å². The molecule has 0 radical (unpaired) electrons. The van der Waals surface area contributed by atoms with Gasteiger partial charge in [-0.3, -0.25) is 4.79 Å². The van der Waals surface area contributed by atoms with Gasteiger partial charge in [0.15, 0.2) is 5.16 Å². The van der Waals surface area contributed by atoms with E-state index in [1.165, 1.54) is 6.07 Å². The molecule has 0 fully saturated rings. The summed E-state index contributed by atoms with van der Waals surface area (Å²) in [6, 6.07) is 10.0. The fourth-order valence-corrected chi connectivity index (χ4v) is 6.21. The molecule has 2 aromatic heterocycles. The van der Waals surface area contributed by atoms with Gasteiger partial charge >= 0.3 is 0 Å². The van der Waals surface area contributed by atoms with Gasteiger partial charge in [0.2, 0.25) is 15.7 Å². The van der Waals surface area contributed by atoms with Gasteiger partial charge in [-0.15, -0.1) is 11.3 Å². The summed E-state index contributed by atoms with van der Waals surface area (Å²) in [7, 11) is -2.24. The van der Waals surface area contributed by atoms with Crippen molar-refractivity contribution in [3.05, 3.63) is 46.4 Å². The van der Waals surface area contributed by atoms with Crippen molar-refractivity contribution in [3.63, 3.8) is 0 Å². The van der Waals surface area contributed by atoms with Crippen molar-refractivity contribution in [3.8, 4) is 5.75 Å². The van der Waals surface area contributed by atoms with Gasteiger partial charge in [0.1, 0.15) is 20.7 Å². The molecule has 0 atom stereocenters. The quantitative estimate of drug-likeness (QED) is 0.362. The SMILES string of the molecule is COc1ccc(NC(=O)CSc2ncc(S(=O)(=O)c3ccc(Br)s3)c(N)n2)cc1. The van der Waals surface area contributed by atoms with Crippen LogP contribution in [0.15, 0.2) is 60.6 Å². The van der Waals surface area contributed by atoms with Crippen molar-refractivity contribution in [2.75, 3.05) is 23.9 Å². The van der Waals surface area contributed by atoms with E-state index < -0.39 is 9.84 Å². The number of sulfone groups is 1. The molecule has 0 saturated heterocycles. The molecule has 8 nitrogen and oxygen atoms in total. The number of thiophene rings is 1. The van der Waals surface area contributed by atoms with Crippen LogP contribution in [0.1, 0.15) is 0 Å². The fraction of sp³-hybridized carbons (Fsp3) is 0.118. The van der Waals surface area contributed by atoms with Crippen LogP contribution in [-0.4, -0.2) is 37.2 Å². The zero-order chi connectivity index (χ0) is 21.0. The average Bonchev–Trinajstić information content (AvgIpc) is 3.14. The molecule has 152 valence electrons. The molecule has 29 heavy (non-hydrogen) atoms. The largest absolute Gasteiger partial charge is 0.497 e. The Hall–Kier alpha value is -2.15. The molecule has 0 saturated carbocycles. The topological polar surface area (TPSA) is 124 Å². The third-order valence-electron chi connectivity index (χ3n) is 3.57. The molecular formula is C17H15BrN4O4S3. The van der Waals surface area contributed by atoms with E-state index in [4.69, 9.17) is 10.5 Å². The maximum atomic E-state index is 12.6. The number of methoxy groups -OCH3 is 1. The Morgan fingerprint density at radius 1 is 1.28 bits per heavy atom. The highest BCUT2D eigenvalue weighted by atomic mass is 79.9. The van der Waals surface area contributed by atoms with Crippen LogP contribution in [-0.2, 0) is 14.6 Å². The summed E-state index contributed by atoms with van der Waals surface area (Å²) in [5, 5.41) is 2.94. The van der Waals surface area contributed by atoms with E-state index in [1.54, 1.807) is 37.4 Å². The molecule has 0 spiro atoms. The van der Waals surface area contributed by atoms with Crippen LogP contribution in [0.25, 0.3) is 0 Å². The van der Waals surface area contributed by atoms with Gasteiger partial charge in [-0.05, 0) is 52.3 Å². The maximum absolute atomic E-state index is 12.6. The second-order valence-corrected chi connectivity index (χ2v) is 11.1. The average molecular weight is 515 g/mol. The fourth-order valence-electron chi connectivity index (χ4n) is 2.20. The highest BCUT2D eigenvalue weighted by Crippen LogP contribution is 2.32. The van der Waals surface area contributed by atoms with Crippen LogP contribution in [0.5, 0.6) is 5.75 Å². The summed E-state index contributed by atoms with van der Waals surface area (Å²) in [6.45, 7) is 0. The van der Waals surface area contributed by atoms with Crippen molar-refractivity contribution in [1.82, 2.24) is 9.97 Å². The summed E-state index contributed by atoms with van der Waals surface area (Å²) in [5.41, 5.74) is 6.47. The van der Waals surface area contributed by atoms with Crippen molar-refractivity contribution in [1.29, 1.82) is 0 Å². The number of benzene rings is 1. The van der Waals surface area contributed by atoms with Gasteiger partial charge in [0, 0.05) is 5.69 Å². The minimum absolute atomic E-state index is 0.0371. The van der Waals surface area contributed by atoms with Gasteiger partial charge in [-0.1, -0.05) is 11.8 Å². The summed E-state index contributed by atoms with van der Waals surface area (Å²) in [5.74, 6) is 0.298. The molecule has 0 bridgehead atoms. The number of nitrogens with two attached hydrogens (primary N) is 1. The number of anilines is 2. The number of carbonyl (C=O) groups is 1. The monoisotopic (exact) mass is 514 g/mol. The van der Waals surface area contributed by atoms with E-state index in [-0.39, 0.29) is 31.7 Å². The van der Waals surface area contributed by atoms with Crippen LogP contribution in [0, 0.1) is 0 Å². The van der Waals surface area contributed by atoms with Gasteiger partial charge in [0.25, 0.3) is 0 Å². The number of nitrogens with zero attached hydrogens (tertiary/aromatic N) is 2. The van der Waals surface area contributed by atoms with Gasteiger partial charge in [-0.2, -0.15) is 0 Å². The van der Waals surface area contributed by atoms with Crippen LogP contribution in [0.4, 0.5) is 11.5 Å². The van der Waals surface area contributed by atoms with Crippen molar-refractivity contribution >= 4 is 66.3 Å². The summed E-state index contributed by atoms with van der Waals surface area (Å²) >= 11 is 5.36. The number of carbonyl (C=O) groups excluding carboxylic acids is 1. The number of thioether (sulfide) groups is 1. The number of aromatic nitrogens is 2. The predicted octanol–water partition coefficient (Wildman–Crippen LogP) is 3.46. The molecule has 3 N–H and O–H groups in total. The van der Waals surface area contributed by atoms with Crippen LogP contribution in [0.3, 0.4) is 0 Å². The number of amides is 1. The maximum Gasteiger partial charge on any atom is 0.234 e. The molecular weight excluding hydrogens is 500 g/mol. The lowest BCUT2D eigenvalue weighted by Crippen LogP contribution is -2.14. The second kappa shape index (κ2) is 9.11. The van der Waals surface area contributed by atoms with E-state index >= 15 is 0 Å². The molecule has 3 rings (SSSR count). The Kier molecular flexibility index (Phi) is 6.77. The van der Waals surface area contributed by atoms with Crippen LogP contribution < -0.4 is 15.8 Å². The molecule has 1 aromatic carbocycles. The summed E-state index contributed by atoms with van der Waals surface area (Å²) < 4.78 is 31.2. The molecule has 0 aliphatic heterocycles. The van der Waals surface area contributed by atoms with E-state index in [2.05, 4.69) is 31.2 Å². The lowest BCUT2D eigenvalue weighted by molar-refractivity contribution is -0.113. The Labute approximate surface area is 184 Å². The highest BCUT2D eigenvalue weighted by Gasteiger charge is 2.24. The predicted molar refractivity (Wildman–Crippen MR) is 116 cm³/mol. The first kappa shape index (κ1) is 21.6. The number of nitrogens with one attached hydrogen (secondary N) is 1. The van der Waals surface area contributed by atoms with Crippen molar-refractivity contribution < 1.29 is 17.9 Å². The Morgan fingerprint density at radius 3 is 2.59 bits per heavy atom. The first-order valence-electron chi connectivity index (χ1n) is 7.99. The number of hydrogen-bond acceptors (Lipinski definition) is 9. The zero-order valence-corrected chi connectivity index (χ0v) is 19.0. The van der Waals surface area contributed by atoms with Crippen LogP contribution >= 0.6 is 39.0 Å². The van der Waals surface area contributed by atoms with E-state index in [0.29, 0.717) is 15.2 Å². The standard InChI is InChI=1S/C17H15BrN4O4S3/c1-26-11-4-2-10(3-5-11)21-14(23)9-27-17-20-8-12(16(19)22-17)29(24,25)15-7-6-13(18)28-15/h2-8H,9H2,1H3,(H,21,23)(H2,19,20,22). The minimum atomic E-state index is -3.80. The number of nitrogen functional groups attached to an aromatic ring is 1. The second-order valence-electron chi connectivity index (χ2n) is 5.53. The summed E-state index contributed by atoms with van der Waals surface area (Å²) in [4.78, 5) is 20.0. The molecule has 1 amide bonds. The smallest absolute Gasteiger partial charge is 0.234 e. The Bertz CT molecular complexity index is 1130. The third-order valence-corrected chi connectivity index (χ3v) is 8.32. The lowest BCUT2D eigenvalue weighted by atomic mass is 10.3. The minimum Gasteiger partial charge on any atom is -0.497 e. The first-order valence-corrected chi connectivity index (χ1v) is 12.1. The highest BCUT2D eigenvalue weighted by molar-refractivity contribution is 9.11. The molecule has 0 aliphatic carbocycles. The Morgan fingerprint density at radius 2 is 2.00 bits per heavy atom. The normalized spacial score (nSPS) is 11.2. The van der Waals surface area contributed by atoms with Gasteiger partial charge < -0.3 is 15.8 Å². The molecule has 2 heterocycles. The number of rotatable bonds is 7. The van der Waals surface area contributed by atoms with Gasteiger partial charge in [-0.25, -0.2) is 18.4 Å². The Balaban J connectivity index is 1.65. The number of hydrogen-bond donors (Lipinski definition) is 2. The van der Waals surface area contributed by atoms with E-state index in [9.17, 15) is 13.2 Å². The molecule has 3 aromatic rings. The van der Waals surface area contributed by atoms with Crippen molar-refractivity contribution in [2.24, 2.45) is 0 Å². The summed E-state index contributed by atoms with van der Waals surface area (Å²) in [6.07, 6.45) is 1.16. The van der Waals surface area contributed by atoms with E-state index in [1.807, 2.05) is 0 Å². The van der Waals surface area contributed by atoms with Crippen LogP contribution in [0.2, 0.25) is 0 Å². The number of halogens is 1. The third kappa shape index (κ3) is 5.26. The number of ether oxygens (including phenoxy) is 1. The molecule has 12 heteroatoms. The van der Waals surface area contributed by atoms with Crippen molar-refractivity contribution in [2.45, 2.75) is 14.3 Å². The molecule has 0 aliphatic rings. The zero-order valence-electron chi connectivity index (χ0n) is 15.0. The lowest BCUT2D eigenvalue weighted by Gasteiger charge is -2.07. The first-order chi connectivity index (χ1) is 13.8. The molecule has 0 unspecified atom stereocenters.